The van der Waals surface area contributed by atoms with E-state index in [-0.39, 0.29) is 5.91 Å². The van der Waals surface area contributed by atoms with Crippen LogP contribution < -0.4 is 14.8 Å². The van der Waals surface area contributed by atoms with Crippen LogP contribution in [-0.2, 0) is 0 Å². The van der Waals surface area contributed by atoms with E-state index in [9.17, 15) is 4.79 Å². The highest BCUT2D eigenvalue weighted by atomic mass is 32.2. The second-order valence-electron chi connectivity index (χ2n) is 5.29. The first-order valence-electron chi connectivity index (χ1n) is 7.78. The summed E-state index contributed by atoms with van der Waals surface area (Å²) >= 11 is 3.08. The summed E-state index contributed by atoms with van der Waals surface area (Å²) in [5.41, 5.74) is 2.27. The molecule has 0 atom stereocenters. The van der Waals surface area contributed by atoms with Crippen LogP contribution in [0.4, 0.5) is 5.13 Å². The lowest BCUT2D eigenvalue weighted by molar-refractivity contribution is 0.102. The minimum atomic E-state index is -0.275. The number of hydrogen-bond acceptors (Lipinski definition) is 6. The van der Waals surface area contributed by atoms with Gasteiger partial charge in [-0.3, -0.25) is 10.1 Å². The molecule has 0 fully saturated rings. The molecular weight excluding hydrogens is 368 g/mol. The predicted molar refractivity (Wildman–Crippen MR) is 107 cm³/mol. The van der Waals surface area contributed by atoms with Crippen LogP contribution in [0.5, 0.6) is 11.5 Å². The second-order valence-corrected chi connectivity index (χ2v) is 7.02. The molecule has 1 amide bonds. The number of methoxy groups -OCH3 is 2. The van der Waals surface area contributed by atoms with E-state index in [4.69, 9.17) is 9.47 Å². The van der Waals surface area contributed by atoms with E-state index in [0.29, 0.717) is 22.2 Å². The van der Waals surface area contributed by atoms with Gasteiger partial charge in [0.1, 0.15) is 11.5 Å². The number of rotatable bonds is 6. The Hall–Kier alpha value is -2.51. The van der Waals surface area contributed by atoms with Crippen LogP contribution in [0.2, 0.25) is 0 Å². The number of anilines is 1. The lowest BCUT2D eigenvalue weighted by atomic mass is 10.2. The number of aromatic nitrogens is 1. The van der Waals surface area contributed by atoms with Crippen molar-refractivity contribution in [2.75, 3.05) is 25.8 Å². The Bertz CT molecular complexity index is 907. The summed E-state index contributed by atoms with van der Waals surface area (Å²) in [4.78, 5) is 18.3. The van der Waals surface area contributed by atoms with Gasteiger partial charge < -0.3 is 9.47 Å². The maximum atomic E-state index is 12.6. The van der Waals surface area contributed by atoms with Gasteiger partial charge in [0.15, 0.2) is 5.13 Å². The summed E-state index contributed by atoms with van der Waals surface area (Å²) < 4.78 is 10.4. The van der Waals surface area contributed by atoms with Gasteiger partial charge in [-0.1, -0.05) is 12.1 Å². The molecule has 0 aliphatic carbocycles. The van der Waals surface area contributed by atoms with Gasteiger partial charge in [0.2, 0.25) is 0 Å². The third kappa shape index (κ3) is 4.00. The van der Waals surface area contributed by atoms with Gasteiger partial charge in [0.25, 0.3) is 5.91 Å². The maximum absolute atomic E-state index is 12.6. The van der Waals surface area contributed by atoms with Crippen molar-refractivity contribution in [1.82, 2.24) is 4.98 Å². The van der Waals surface area contributed by atoms with Crippen molar-refractivity contribution in [3.8, 4) is 22.8 Å². The number of nitrogens with zero attached hydrogens (tertiary/aromatic N) is 1. The summed E-state index contributed by atoms with van der Waals surface area (Å²) in [6, 6.07) is 13.2. The Labute approximate surface area is 160 Å². The Morgan fingerprint density at radius 2 is 1.88 bits per heavy atom. The summed E-state index contributed by atoms with van der Waals surface area (Å²) in [7, 11) is 3.09. The molecule has 5 nitrogen and oxygen atoms in total. The van der Waals surface area contributed by atoms with Crippen molar-refractivity contribution in [1.29, 1.82) is 0 Å². The standard InChI is InChI=1S/C19H18N2O3S2/c1-23-13-6-9-15(17(10-13)24-2)18(22)21-19-20-16(11-26-19)12-4-7-14(25-3)8-5-12/h4-11H,1-3H3,(H,20,21,22). The molecule has 0 radical (unpaired) electrons. The lowest BCUT2D eigenvalue weighted by Crippen LogP contribution is -2.13. The minimum absolute atomic E-state index is 0.275. The number of amides is 1. The maximum Gasteiger partial charge on any atom is 0.261 e. The van der Waals surface area contributed by atoms with Crippen molar-refractivity contribution in [2.45, 2.75) is 4.90 Å². The van der Waals surface area contributed by atoms with E-state index in [1.54, 1.807) is 37.1 Å². The minimum Gasteiger partial charge on any atom is -0.497 e. The number of hydrogen-bond donors (Lipinski definition) is 1. The number of thiazole rings is 1. The number of carbonyl (C=O) groups is 1. The second kappa shape index (κ2) is 8.25. The average Bonchev–Trinajstić information content (AvgIpc) is 3.15. The summed E-state index contributed by atoms with van der Waals surface area (Å²) in [5.74, 6) is 0.804. The largest absolute Gasteiger partial charge is 0.497 e. The summed E-state index contributed by atoms with van der Waals surface area (Å²) in [5, 5.41) is 5.29. The number of ether oxygens (including phenoxy) is 2. The predicted octanol–water partition coefficient (Wildman–Crippen LogP) is 4.80. The normalized spacial score (nSPS) is 10.4. The van der Waals surface area contributed by atoms with Gasteiger partial charge in [-0.2, -0.15) is 0 Å². The highest BCUT2D eigenvalue weighted by Gasteiger charge is 2.15. The highest BCUT2D eigenvalue weighted by molar-refractivity contribution is 7.98. The molecule has 7 heteroatoms. The van der Waals surface area contributed by atoms with Gasteiger partial charge >= 0.3 is 0 Å². The quantitative estimate of drug-likeness (QED) is 0.617. The van der Waals surface area contributed by atoms with Crippen LogP contribution in [0.3, 0.4) is 0 Å². The van der Waals surface area contributed by atoms with Gasteiger partial charge in [-0.25, -0.2) is 4.98 Å². The van der Waals surface area contributed by atoms with Crippen LogP contribution in [0.25, 0.3) is 11.3 Å². The van der Waals surface area contributed by atoms with Crippen LogP contribution in [0, 0.1) is 0 Å². The lowest BCUT2D eigenvalue weighted by Gasteiger charge is -2.09. The molecule has 3 rings (SSSR count). The molecule has 1 N–H and O–H groups in total. The highest BCUT2D eigenvalue weighted by Crippen LogP contribution is 2.29. The first-order chi connectivity index (χ1) is 12.6. The number of benzene rings is 2. The summed E-state index contributed by atoms with van der Waals surface area (Å²) in [6.07, 6.45) is 2.04. The topological polar surface area (TPSA) is 60.5 Å². The molecule has 134 valence electrons. The molecule has 0 saturated carbocycles. The fraction of sp³-hybridized carbons (Fsp3) is 0.158. The van der Waals surface area contributed by atoms with E-state index in [2.05, 4.69) is 22.4 Å². The molecule has 0 spiro atoms. The van der Waals surface area contributed by atoms with Crippen molar-refractivity contribution in [2.24, 2.45) is 0 Å². The van der Waals surface area contributed by atoms with E-state index < -0.39 is 0 Å². The van der Waals surface area contributed by atoms with Crippen molar-refractivity contribution >= 4 is 34.1 Å². The fourth-order valence-electron chi connectivity index (χ4n) is 2.38. The van der Waals surface area contributed by atoms with Gasteiger partial charge in [-0.15, -0.1) is 23.1 Å². The molecule has 0 bridgehead atoms. The van der Waals surface area contributed by atoms with Crippen molar-refractivity contribution in [3.63, 3.8) is 0 Å². The molecule has 3 aromatic rings. The van der Waals surface area contributed by atoms with Crippen molar-refractivity contribution < 1.29 is 14.3 Å². The number of thioether (sulfide) groups is 1. The zero-order valence-electron chi connectivity index (χ0n) is 14.6. The van der Waals surface area contributed by atoms with Gasteiger partial charge in [0, 0.05) is 21.9 Å². The Kier molecular flexibility index (Phi) is 5.80. The van der Waals surface area contributed by atoms with Crippen LogP contribution >= 0.6 is 23.1 Å². The van der Waals surface area contributed by atoms with Crippen LogP contribution in [0.1, 0.15) is 10.4 Å². The van der Waals surface area contributed by atoms with Crippen LogP contribution in [-0.4, -0.2) is 31.4 Å². The molecule has 26 heavy (non-hydrogen) atoms. The molecule has 0 aliphatic rings. The molecular formula is C19H18N2O3S2. The van der Waals surface area contributed by atoms with E-state index in [0.717, 1.165) is 11.3 Å². The Morgan fingerprint density at radius 1 is 1.12 bits per heavy atom. The first-order valence-corrected chi connectivity index (χ1v) is 9.88. The molecule has 1 heterocycles. The SMILES string of the molecule is COc1ccc(C(=O)Nc2nc(-c3ccc(SC)cc3)cs2)c(OC)c1. The molecule has 1 aromatic heterocycles. The smallest absolute Gasteiger partial charge is 0.261 e. The monoisotopic (exact) mass is 386 g/mol. The molecule has 2 aromatic carbocycles. The van der Waals surface area contributed by atoms with Gasteiger partial charge in [-0.05, 0) is 30.5 Å². The Balaban J connectivity index is 1.77. The average molecular weight is 386 g/mol. The number of nitrogens with one attached hydrogen (secondary N) is 1. The fourth-order valence-corrected chi connectivity index (χ4v) is 3.50. The zero-order chi connectivity index (χ0) is 18.5. The molecule has 0 saturated heterocycles. The van der Waals surface area contributed by atoms with Crippen LogP contribution in [0.15, 0.2) is 52.7 Å². The number of carbonyl (C=O) groups excluding carboxylic acids is 1. The van der Waals surface area contributed by atoms with E-state index >= 15 is 0 Å². The molecule has 0 unspecified atom stereocenters. The first kappa shape index (κ1) is 18.3. The van der Waals surface area contributed by atoms with Gasteiger partial charge in [0.05, 0.1) is 25.5 Å². The van der Waals surface area contributed by atoms with E-state index in [1.165, 1.54) is 23.3 Å². The third-order valence-corrected chi connectivity index (χ3v) is 5.27. The molecule has 0 aliphatic heterocycles. The summed E-state index contributed by atoms with van der Waals surface area (Å²) in [6.45, 7) is 0. The third-order valence-electron chi connectivity index (χ3n) is 3.76. The Morgan fingerprint density at radius 3 is 2.54 bits per heavy atom. The van der Waals surface area contributed by atoms with Crippen molar-refractivity contribution in [3.05, 3.63) is 53.4 Å². The zero-order valence-corrected chi connectivity index (χ0v) is 16.2. The van der Waals surface area contributed by atoms with E-state index in [1.807, 2.05) is 23.8 Å².